The van der Waals surface area contributed by atoms with E-state index in [1.54, 1.807) is 0 Å². The van der Waals surface area contributed by atoms with Gasteiger partial charge in [0.25, 0.3) is 0 Å². The van der Waals surface area contributed by atoms with Crippen LogP contribution < -0.4 is 0 Å². The molecule has 0 aliphatic carbocycles. The van der Waals surface area contributed by atoms with Crippen LogP contribution in [-0.4, -0.2) is 8.07 Å². The molecule has 1 unspecified atom stereocenters. The molecule has 0 saturated carbocycles. The number of rotatable bonds is 9. The van der Waals surface area contributed by atoms with Crippen molar-refractivity contribution in [3.05, 3.63) is 0 Å². The highest BCUT2D eigenvalue weighted by Gasteiger charge is 2.47. The van der Waals surface area contributed by atoms with Gasteiger partial charge in [0.2, 0.25) is 0 Å². The molecule has 0 N–H and O–H groups in total. The third-order valence-corrected chi connectivity index (χ3v) is 13.2. The summed E-state index contributed by atoms with van der Waals surface area (Å²) in [5.74, 6) is 0. The molecule has 0 saturated heterocycles. The molecule has 1 atom stereocenters. The average Bonchev–Trinajstić information content (AvgIpc) is 2.24. The Kier molecular flexibility index (Phi) is 8.50. The molecule has 0 rings (SSSR count). The Morgan fingerprint density at radius 1 is 0.667 bits per heavy atom. The van der Waals surface area contributed by atoms with E-state index in [1.165, 1.54) is 32.1 Å². The minimum Gasteiger partial charge on any atom is -0.0654 e. The normalized spacial score (nSPS) is 14.8. The fraction of sp³-hybridized carbons (Fsp3) is 1.00. The van der Waals surface area contributed by atoms with E-state index >= 15 is 0 Å². The van der Waals surface area contributed by atoms with Gasteiger partial charge < -0.3 is 0 Å². The first-order chi connectivity index (χ1) is 8.35. The third-order valence-electron chi connectivity index (χ3n) is 5.25. The van der Waals surface area contributed by atoms with E-state index in [9.17, 15) is 0 Å². The summed E-state index contributed by atoms with van der Waals surface area (Å²) >= 11 is 0. The standard InChI is InChI=1S/C17H38Si/c1-9-11-13-17(12-10-2)18(14(3)4,15(5)6)16(7)8/h14-17H,9-13H2,1-8H3. The van der Waals surface area contributed by atoms with Gasteiger partial charge >= 0.3 is 0 Å². The van der Waals surface area contributed by atoms with Crippen LogP contribution in [0.15, 0.2) is 0 Å². The van der Waals surface area contributed by atoms with Crippen LogP contribution in [0, 0.1) is 0 Å². The lowest BCUT2D eigenvalue weighted by atomic mass is 10.1. The van der Waals surface area contributed by atoms with Crippen LogP contribution in [-0.2, 0) is 0 Å². The SMILES string of the molecule is CCCCC(CCC)[Si](C(C)C)(C(C)C)C(C)C. The average molecular weight is 271 g/mol. The zero-order chi connectivity index (χ0) is 14.3. The predicted molar refractivity (Wildman–Crippen MR) is 89.2 cm³/mol. The highest BCUT2D eigenvalue weighted by atomic mass is 28.3. The summed E-state index contributed by atoms with van der Waals surface area (Å²) in [6, 6.07) is 0. The predicted octanol–water partition coefficient (Wildman–Crippen LogP) is 7.03. The molecule has 0 radical (unpaired) electrons. The number of hydrogen-bond acceptors (Lipinski definition) is 0. The zero-order valence-corrected chi connectivity index (χ0v) is 15.3. The summed E-state index contributed by atoms with van der Waals surface area (Å²) in [6.45, 7) is 19.8. The second kappa shape index (κ2) is 8.40. The molecular weight excluding hydrogens is 232 g/mol. The van der Waals surface area contributed by atoms with Gasteiger partial charge in [-0.15, -0.1) is 0 Å². The number of hydrogen-bond donors (Lipinski definition) is 0. The molecule has 0 spiro atoms. The zero-order valence-electron chi connectivity index (χ0n) is 14.3. The third kappa shape index (κ3) is 3.85. The van der Waals surface area contributed by atoms with E-state index in [1.807, 2.05) is 0 Å². The molecule has 0 fully saturated rings. The van der Waals surface area contributed by atoms with Gasteiger partial charge in [0, 0.05) is 0 Å². The van der Waals surface area contributed by atoms with Crippen LogP contribution in [0.3, 0.4) is 0 Å². The van der Waals surface area contributed by atoms with Crippen molar-refractivity contribution in [3.63, 3.8) is 0 Å². The van der Waals surface area contributed by atoms with Crippen LogP contribution in [0.4, 0.5) is 0 Å². The Hall–Kier alpha value is 0.217. The molecule has 0 aliphatic heterocycles. The second-order valence-corrected chi connectivity index (χ2v) is 13.4. The fourth-order valence-electron chi connectivity index (χ4n) is 4.86. The van der Waals surface area contributed by atoms with E-state index in [0.717, 1.165) is 22.2 Å². The highest BCUT2D eigenvalue weighted by Crippen LogP contribution is 2.52. The first kappa shape index (κ1) is 18.2. The molecule has 0 aromatic heterocycles. The molecule has 18 heavy (non-hydrogen) atoms. The van der Waals surface area contributed by atoms with Crippen molar-refractivity contribution >= 4 is 8.07 Å². The summed E-state index contributed by atoms with van der Waals surface area (Å²) in [4.78, 5) is 0. The summed E-state index contributed by atoms with van der Waals surface area (Å²) in [5.41, 5.74) is 3.81. The van der Waals surface area contributed by atoms with Gasteiger partial charge in [0.1, 0.15) is 0 Å². The van der Waals surface area contributed by atoms with E-state index < -0.39 is 8.07 Å². The van der Waals surface area contributed by atoms with Crippen LogP contribution in [0.25, 0.3) is 0 Å². The van der Waals surface area contributed by atoms with Gasteiger partial charge in [0.15, 0.2) is 0 Å². The lowest BCUT2D eigenvalue weighted by molar-refractivity contribution is 0.571. The van der Waals surface area contributed by atoms with E-state index in [4.69, 9.17) is 0 Å². The van der Waals surface area contributed by atoms with Gasteiger partial charge in [-0.25, -0.2) is 0 Å². The molecule has 0 heterocycles. The van der Waals surface area contributed by atoms with Crippen molar-refractivity contribution in [2.24, 2.45) is 0 Å². The van der Waals surface area contributed by atoms with Crippen LogP contribution in [0.2, 0.25) is 22.2 Å². The molecular formula is C17H38Si. The lowest BCUT2D eigenvalue weighted by Crippen LogP contribution is -2.49. The largest absolute Gasteiger partial charge is 0.0654 e. The minimum absolute atomic E-state index is 0.922. The maximum Gasteiger partial charge on any atom is 0.0643 e. The maximum absolute atomic E-state index is 2.51. The summed E-state index contributed by atoms with van der Waals surface area (Å²) in [7, 11) is -1.22. The fourth-order valence-corrected chi connectivity index (χ4v) is 13.2. The number of unbranched alkanes of at least 4 members (excludes halogenated alkanes) is 1. The molecule has 1 heteroatoms. The first-order valence-corrected chi connectivity index (χ1v) is 10.7. The van der Waals surface area contributed by atoms with Gasteiger partial charge in [-0.3, -0.25) is 0 Å². The quantitative estimate of drug-likeness (QED) is 0.395. The second-order valence-electron chi connectivity index (χ2n) is 7.09. The molecule has 0 bridgehead atoms. The Morgan fingerprint density at radius 3 is 1.39 bits per heavy atom. The van der Waals surface area contributed by atoms with Crippen molar-refractivity contribution in [1.82, 2.24) is 0 Å². The van der Waals surface area contributed by atoms with E-state index in [-0.39, 0.29) is 0 Å². The van der Waals surface area contributed by atoms with Crippen molar-refractivity contribution in [2.75, 3.05) is 0 Å². The van der Waals surface area contributed by atoms with Crippen molar-refractivity contribution < 1.29 is 0 Å². The molecule has 0 amide bonds. The van der Waals surface area contributed by atoms with Crippen molar-refractivity contribution in [3.8, 4) is 0 Å². The molecule has 0 aromatic carbocycles. The smallest absolute Gasteiger partial charge is 0.0643 e. The summed E-state index contributed by atoms with van der Waals surface area (Å²) in [6.07, 6.45) is 7.13. The molecule has 110 valence electrons. The van der Waals surface area contributed by atoms with Crippen molar-refractivity contribution in [2.45, 2.75) is 110 Å². The highest BCUT2D eigenvalue weighted by molar-refractivity contribution is 6.84. The Labute approximate surface area is 118 Å². The van der Waals surface area contributed by atoms with Crippen LogP contribution in [0.1, 0.15) is 87.5 Å². The van der Waals surface area contributed by atoms with Crippen molar-refractivity contribution in [1.29, 1.82) is 0 Å². The summed E-state index contributed by atoms with van der Waals surface area (Å²) in [5, 5.41) is 0. The van der Waals surface area contributed by atoms with Crippen LogP contribution in [0.5, 0.6) is 0 Å². The van der Waals surface area contributed by atoms with Gasteiger partial charge in [-0.05, 0) is 5.54 Å². The lowest BCUT2D eigenvalue weighted by Gasteiger charge is -2.49. The van der Waals surface area contributed by atoms with E-state index in [0.29, 0.717) is 0 Å². The monoisotopic (exact) mass is 270 g/mol. The Balaban J connectivity index is 5.31. The minimum atomic E-state index is -1.22. The first-order valence-electron chi connectivity index (χ1n) is 8.35. The van der Waals surface area contributed by atoms with Crippen LogP contribution >= 0.6 is 0 Å². The topological polar surface area (TPSA) is 0 Å². The van der Waals surface area contributed by atoms with Gasteiger partial charge in [0.05, 0.1) is 8.07 Å². The molecule has 0 aromatic rings. The Bertz CT molecular complexity index is 184. The van der Waals surface area contributed by atoms with E-state index in [2.05, 4.69) is 55.4 Å². The maximum atomic E-state index is 2.51. The molecule has 0 aliphatic rings. The van der Waals surface area contributed by atoms with Gasteiger partial charge in [-0.2, -0.15) is 0 Å². The molecule has 0 nitrogen and oxygen atoms in total. The van der Waals surface area contributed by atoms with Gasteiger partial charge in [-0.1, -0.05) is 104 Å². The Morgan fingerprint density at radius 2 is 1.11 bits per heavy atom. The summed E-state index contributed by atoms with van der Waals surface area (Å²) < 4.78 is 0.